The van der Waals surface area contributed by atoms with Gasteiger partial charge < -0.3 is 4.90 Å². The minimum Gasteiger partial charge on any atom is -0.303 e. The molecule has 2 nitrogen and oxygen atoms in total. The van der Waals surface area contributed by atoms with Gasteiger partial charge in [0.05, 0.1) is 0 Å². The van der Waals surface area contributed by atoms with Gasteiger partial charge in [0.25, 0.3) is 0 Å². The van der Waals surface area contributed by atoms with E-state index in [-0.39, 0.29) is 0 Å². The molecule has 1 saturated heterocycles. The van der Waals surface area contributed by atoms with Crippen molar-refractivity contribution in [3.8, 4) is 0 Å². The number of piperidine rings is 1. The first-order valence-electron chi connectivity index (χ1n) is 9.12. The second-order valence-corrected chi connectivity index (χ2v) is 7.58. The summed E-state index contributed by atoms with van der Waals surface area (Å²) >= 11 is 0. The van der Waals surface area contributed by atoms with Crippen LogP contribution in [0, 0.1) is 17.8 Å². The number of hydrogen-bond donors (Lipinski definition) is 0. The lowest BCUT2D eigenvalue weighted by molar-refractivity contribution is -0.517. The number of benzene rings is 1. The van der Waals surface area contributed by atoms with Gasteiger partial charge in [0, 0.05) is 17.9 Å². The Kier molecular flexibility index (Phi) is 3.81. The van der Waals surface area contributed by atoms with E-state index in [1.807, 2.05) is 0 Å². The van der Waals surface area contributed by atoms with Gasteiger partial charge in [-0.15, -0.1) is 0 Å². The Morgan fingerprint density at radius 3 is 2.77 bits per heavy atom. The molecular weight excluding hydrogens is 268 g/mol. The summed E-state index contributed by atoms with van der Waals surface area (Å²) in [5.41, 5.74) is 1.57. The highest BCUT2D eigenvalue weighted by Gasteiger charge is 2.51. The molecule has 0 bridgehead atoms. The summed E-state index contributed by atoms with van der Waals surface area (Å²) in [6.07, 6.45) is 6.79. The maximum Gasteiger partial charge on any atom is 0.146 e. The second kappa shape index (κ2) is 5.81. The Bertz CT molecular complexity index is 550. The molecule has 1 aliphatic carbocycles. The highest BCUT2D eigenvalue weighted by Crippen LogP contribution is 2.49. The second-order valence-electron chi connectivity index (χ2n) is 7.58. The molecule has 3 aliphatic rings. The van der Waals surface area contributed by atoms with E-state index in [1.54, 1.807) is 5.56 Å². The topological polar surface area (TPSA) is 6.25 Å². The third kappa shape index (κ3) is 2.32. The van der Waals surface area contributed by atoms with Crippen LogP contribution in [0.5, 0.6) is 0 Å². The smallest absolute Gasteiger partial charge is 0.146 e. The van der Waals surface area contributed by atoms with Crippen molar-refractivity contribution in [2.24, 2.45) is 17.8 Å². The predicted octanol–water partition coefficient (Wildman–Crippen LogP) is 3.23. The monoisotopic (exact) mass is 297 g/mol. The van der Waals surface area contributed by atoms with Crippen LogP contribution in [0.4, 0.5) is 0 Å². The Morgan fingerprint density at radius 1 is 1.18 bits per heavy atom. The first kappa shape index (κ1) is 14.4. The number of likely N-dealkylation sites (tertiary alicyclic amines) is 1. The molecule has 0 amide bonds. The zero-order valence-corrected chi connectivity index (χ0v) is 14.0. The highest BCUT2D eigenvalue weighted by atomic mass is 15.1. The Morgan fingerprint density at radius 2 is 2.00 bits per heavy atom. The SMILES string of the molecule is CC[N+]1=CC2C(C1)C(c1ccccc1)CC1C2CCCN1C. The summed E-state index contributed by atoms with van der Waals surface area (Å²) in [4.78, 5) is 2.66. The minimum atomic E-state index is 0.737. The molecule has 4 rings (SSSR count). The zero-order chi connectivity index (χ0) is 15.1. The molecule has 2 heteroatoms. The first-order valence-corrected chi connectivity index (χ1v) is 9.12. The Labute approximate surface area is 134 Å². The van der Waals surface area contributed by atoms with Crippen LogP contribution in [-0.4, -0.2) is 48.4 Å². The molecule has 0 radical (unpaired) electrons. The molecule has 1 aromatic carbocycles. The molecule has 0 spiro atoms. The molecule has 0 aromatic heterocycles. The number of rotatable bonds is 2. The fraction of sp³-hybridized carbons (Fsp3) is 0.650. The van der Waals surface area contributed by atoms with Gasteiger partial charge in [-0.25, -0.2) is 4.58 Å². The third-order valence-electron chi connectivity index (χ3n) is 6.57. The molecule has 1 saturated carbocycles. The van der Waals surface area contributed by atoms with E-state index in [0.717, 1.165) is 29.7 Å². The lowest BCUT2D eigenvalue weighted by Crippen LogP contribution is -2.52. The highest BCUT2D eigenvalue weighted by molar-refractivity contribution is 5.59. The fourth-order valence-corrected chi connectivity index (χ4v) is 5.45. The summed E-state index contributed by atoms with van der Waals surface area (Å²) in [6, 6.07) is 12.1. The van der Waals surface area contributed by atoms with Crippen molar-refractivity contribution < 1.29 is 4.58 Å². The summed E-state index contributed by atoms with van der Waals surface area (Å²) < 4.78 is 2.59. The van der Waals surface area contributed by atoms with Crippen LogP contribution in [0.3, 0.4) is 0 Å². The molecule has 5 atom stereocenters. The van der Waals surface area contributed by atoms with Crippen molar-refractivity contribution in [1.82, 2.24) is 4.90 Å². The van der Waals surface area contributed by atoms with Crippen LogP contribution in [0.2, 0.25) is 0 Å². The van der Waals surface area contributed by atoms with E-state index in [2.05, 4.69) is 60.0 Å². The fourth-order valence-electron chi connectivity index (χ4n) is 5.45. The van der Waals surface area contributed by atoms with Crippen molar-refractivity contribution in [1.29, 1.82) is 0 Å². The van der Waals surface area contributed by atoms with Gasteiger partial charge in [-0.05, 0) is 57.2 Å². The van der Waals surface area contributed by atoms with E-state index in [0.29, 0.717) is 0 Å². The average molecular weight is 297 g/mol. The van der Waals surface area contributed by atoms with Gasteiger partial charge >= 0.3 is 0 Å². The molecule has 5 unspecified atom stereocenters. The Balaban J connectivity index is 1.69. The van der Waals surface area contributed by atoms with Crippen LogP contribution in [0.1, 0.15) is 37.7 Å². The molecule has 2 fully saturated rings. The molecule has 118 valence electrons. The van der Waals surface area contributed by atoms with E-state index < -0.39 is 0 Å². The van der Waals surface area contributed by atoms with Gasteiger partial charge in [-0.2, -0.15) is 0 Å². The van der Waals surface area contributed by atoms with Crippen LogP contribution in [-0.2, 0) is 0 Å². The molecule has 1 aromatic rings. The van der Waals surface area contributed by atoms with Crippen molar-refractivity contribution in [2.75, 3.05) is 26.7 Å². The van der Waals surface area contributed by atoms with Gasteiger partial charge in [-0.1, -0.05) is 30.3 Å². The number of nitrogens with zero attached hydrogens (tertiary/aromatic N) is 2. The maximum atomic E-state index is 2.66. The average Bonchev–Trinajstić information content (AvgIpc) is 3.00. The lowest BCUT2D eigenvalue weighted by atomic mass is 9.61. The van der Waals surface area contributed by atoms with Crippen LogP contribution in [0.15, 0.2) is 30.3 Å². The normalized spacial score (nSPS) is 38.3. The van der Waals surface area contributed by atoms with E-state index in [4.69, 9.17) is 0 Å². The molecule has 0 N–H and O–H groups in total. The van der Waals surface area contributed by atoms with Gasteiger partial charge in [0.2, 0.25) is 0 Å². The van der Waals surface area contributed by atoms with E-state index in [9.17, 15) is 0 Å². The summed E-state index contributed by atoms with van der Waals surface area (Å²) in [5.74, 6) is 3.25. The van der Waals surface area contributed by atoms with Crippen LogP contribution >= 0.6 is 0 Å². The molecule has 2 aliphatic heterocycles. The lowest BCUT2D eigenvalue weighted by Gasteiger charge is -2.49. The van der Waals surface area contributed by atoms with Crippen LogP contribution in [0.25, 0.3) is 0 Å². The largest absolute Gasteiger partial charge is 0.303 e. The van der Waals surface area contributed by atoms with Gasteiger partial charge in [0.15, 0.2) is 0 Å². The number of fused-ring (bicyclic) bond motifs is 3. The molecule has 22 heavy (non-hydrogen) atoms. The summed E-state index contributed by atoms with van der Waals surface area (Å²) in [5, 5.41) is 0. The third-order valence-corrected chi connectivity index (χ3v) is 6.57. The zero-order valence-electron chi connectivity index (χ0n) is 14.0. The van der Waals surface area contributed by atoms with E-state index >= 15 is 0 Å². The predicted molar refractivity (Wildman–Crippen MR) is 91.7 cm³/mol. The number of hydrogen-bond acceptors (Lipinski definition) is 1. The van der Waals surface area contributed by atoms with Gasteiger partial charge in [0.1, 0.15) is 19.3 Å². The quantitative estimate of drug-likeness (QED) is 0.760. The van der Waals surface area contributed by atoms with Gasteiger partial charge in [-0.3, -0.25) is 0 Å². The Hall–Kier alpha value is -1.15. The maximum absolute atomic E-state index is 2.66. The standard InChI is InChI=1S/C20H29N2/c1-3-22-13-18-16-10-7-11-21(2)20(16)12-17(19(18)14-22)15-8-5-4-6-9-15/h4-6,8-9,13,16-20H,3,7,10-12,14H2,1-2H3/q+1. The van der Waals surface area contributed by atoms with Crippen molar-refractivity contribution in [3.63, 3.8) is 0 Å². The summed E-state index contributed by atoms with van der Waals surface area (Å²) in [7, 11) is 2.35. The van der Waals surface area contributed by atoms with Crippen molar-refractivity contribution in [2.45, 2.75) is 38.1 Å². The minimum absolute atomic E-state index is 0.737. The molecule has 2 heterocycles. The van der Waals surface area contributed by atoms with E-state index in [1.165, 1.54) is 38.9 Å². The van der Waals surface area contributed by atoms with Crippen molar-refractivity contribution in [3.05, 3.63) is 35.9 Å². The van der Waals surface area contributed by atoms with Crippen LogP contribution < -0.4 is 0 Å². The summed E-state index contributed by atoms with van der Waals surface area (Å²) in [6.45, 7) is 6.03. The van der Waals surface area contributed by atoms with Crippen molar-refractivity contribution >= 4 is 6.21 Å². The molecular formula is C20H29N2+. The first-order chi connectivity index (χ1) is 10.8.